The Bertz CT molecular complexity index is 383. The Morgan fingerprint density at radius 3 is 2.44 bits per heavy atom. The number of hydrogen-bond donors (Lipinski definition) is 1. The van der Waals surface area contributed by atoms with Crippen LogP contribution in [0.1, 0.15) is 31.2 Å². The summed E-state index contributed by atoms with van der Waals surface area (Å²) in [5, 5.41) is 3.29. The maximum Gasteiger partial charge on any atom is 0.229 e. The van der Waals surface area contributed by atoms with E-state index in [1.165, 1.54) is 0 Å². The molecular weight excluding hydrogens is 224 g/mol. The van der Waals surface area contributed by atoms with Crippen molar-refractivity contribution in [1.82, 2.24) is 10.2 Å². The van der Waals surface area contributed by atoms with Gasteiger partial charge in [0.25, 0.3) is 0 Å². The number of carbonyl (C=O) groups excluding carboxylic acids is 1. The maximum atomic E-state index is 12.4. The van der Waals surface area contributed by atoms with Crippen molar-refractivity contribution >= 4 is 5.91 Å². The fourth-order valence-corrected chi connectivity index (χ4v) is 2.55. The third-order valence-corrected chi connectivity index (χ3v) is 3.88. The summed E-state index contributed by atoms with van der Waals surface area (Å²) >= 11 is 0. The minimum Gasteiger partial charge on any atom is -0.342 e. The molecule has 3 nitrogen and oxygen atoms in total. The van der Waals surface area contributed by atoms with Gasteiger partial charge in [0.05, 0.1) is 5.92 Å². The molecular formula is C15H22N2O. The van der Waals surface area contributed by atoms with Crippen LogP contribution in [0.15, 0.2) is 30.3 Å². The molecule has 0 radical (unpaired) electrons. The Kier molecular flexibility index (Phi) is 4.37. The van der Waals surface area contributed by atoms with Crippen LogP contribution in [0.3, 0.4) is 0 Å². The molecule has 1 heterocycles. The van der Waals surface area contributed by atoms with E-state index in [-0.39, 0.29) is 11.8 Å². The molecule has 0 spiro atoms. The fraction of sp³-hybridized carbons (Fsp3) is 0.533. The van der Waals surface area contributed by atoms with Crippen LogP contribution in [0.2, 0.25) is 0 Å². The number of likely N-dealkylation sites (tertiary alicyclic amines) is 1. The lowest BCUT2D eigenvalue weighted by Crippen LogP contribution is -2.45. The Balaban J connectivity index is 1.96. The van der Waals surface area contributed by atoms with Crippen molar-refractivity contribution in [3.05, 3.63) is 35.9 Å². The molecule has 1 unspecified atom stereocenters. The van der Waals surface area contributed by atoms with Gasteiger partial charge in [-0.05, 0) is 32.4 Å². The van der Waals surface area contributed by atoms with Gasteiger partial charge in [0.1, 0.15) is 0 Å². The van der Waals surface area contributed by atoms with Gasteiger partial charge in [0.2, 0.25) is 5.91 Å². The molecule has 1 aliphatic heterocycles. The van der Waals surface area contributed by atoms with Crippen LogP contribution < -0.4 is 5.32 Å². The summed E-state index contributed by atoms with van der Waals surface area (Å²) < 4.78 is 0. The van der Waals surface area contributed by atoms with Crippen molar-refractivity contribution < 1.29 is 4.79 Å². The van der Waals surface area contributed by atoms with Crippen LogP contribution >= 0.6 is 0 Å². The average molecular weight is 246 g/mol. The van der Waals surface area contributed by atoms with Gasteiger partial charge < -0.3 is 10.2 Å². The summed E-state index contributed by atoms with van der Waals surface area (Å²) in [5.74, 6) is 0.230. The first-order chi connectivity index (χ1) is 8.72. The third-order valence-electron chi connectivity index (χ3n) is 3.88. The predicted molar refractivity (Wildman–Crippen MR) is 73.5 cm³/mol. The lowest BCUT2D eigenvalue weighted by molar-refractivity contribution is -0.133. The smallest absolute Gasteiger partial charge is 0.229 e. The Morgan fingerprint density at radius 1 is 1.28 bits per heavy atom. The fourth-order valence-electron chi connectivity index (χ4n) is 2.55. The Hall–Kier alpha value is -1.35. The van der Waals surface area contributed by atoms with E-state index in [1.807, 2.05) is 49.2 Å². The molecule has 2 rings (SSSR count). The van der Waals surface area contributed by atoms with Crippen LogP contribution in [0.5, 0.6) is 0 Å². The number of nitrogens with one attached hydrogen (secondary N) is 1. The van der Waals surface area contributed by atoms with Crippen LogP contribution in [0.25, 0.3) is 0 Å². The molecule has 1 aromatic rings. The second-order valence-corrected chi connectivity index (χ2v) is 5.02. The van der Waals surface area contributed by atoms with Crippen molar-refractivity contribution in [1.29, 1.82) is 0 Å². The lowest BCUT2D eigenvalue weighted by atomic mass is 9.97. The molecule has 3 heteroatoms. The maximum absolute atomic E-state index is 12.4. The van der Waals surface area contributed by atoms with Crippen LogP contribution in [-0.2, 0) is 4.79 Å². The van der Waals surface area contributed by atoms with E-state index >= 15 is 0 Å². The van der Waals surface area contributed by atoms with Gasteiger partial charge in [-0.3, -0.25) is 4.79 Å². The molecule has 0 aliphatic carbocycles. The zero-order chi connectivity index (χ0) is 13.0. The molecule has 1 saturated heterocycles. The van der Waals surface area contributed by atoms with Gasteiger partial charge in [-0.25, -0.2) is 0 Å². The molecule has 98 valence electrons. The van der Waals surface area contributed by atoms with Gasteiger partial charge in [-0.1, -0.05) is 30.3 Å². The highest BCUT2D eigenvalue weighted by Gasteiger charge is 2.25. The van der Waals surface area contributed by atoms with Crippen molar-refractivity contribution in [3.63, 3.8) is 0 Å². The van der Waals surface area contributed by atoms with Crippen LogP contribution in [0, 0.1) is 0 Å². The van der Waals surface area contributed by atoms with Crippen molar-refractivity contribution in [2.24, 2.45) is 0 Å². The average Bonchev–Trinajstić information content (AvgIpc) is 2.47. The number of nitrogens with zero attached hydrogens (tertiary/aromatic N) is 1. The number of piperidine rings is 1. The zero-order valence-electron chi connectivity index (χ0n) is 11.2. The van der Waals surface area contributed by atoms with E-state index in [1.54, 1.807) is 0 Å². The van der Waals surface area contributed by atoms with Gasteiger partial charge in [-0.2, -0.15) is 0 Å². The normalized spacial score (nSPS) is 18.7. The second-order valence-electron chi connectivity index (χ2n) is 5.02. The Labute approximate surface area is 109 Å². The molecule has 1 N–H and O–H groups in total. The number of benzene rings is 1. The first-order valence-electron chi connectivity index (χ1n) is 6.73. The molecule has 18 heavy (non-hydrogen) atoms. The van der Waals surface area contributed by atoms with Crippen molar-refractivity contribution in [3.8, 4) is 0 Å². The highest BCUT2D eigenvalue weighted by molar-refractivity contribution is 5.83. The van der Waals surface area contributed by atoms with E-state index in [9.17, 15) is 4.79 Å². The molecule has 1 aliphatic rings. The molecule has 1 aromatic carbocycles. The van der Waals surface area contributed by atoms with Gasteiger partial charge in [-0.15, -0.1) is 0 Å². The molecule has 1 atom stereocenters. The van der Waals surface area contributed by atoms with Crippen molar-refractivity contribution in [2.75, 3.05) is 20.1 Å². The summed E-state index contributed by atoms with van der Waals surface area (Å²) in [6.07, 6.45) is 2.12. The molecule has 1 amide bonds. The SMILES string of the molecule is CNC1CCN(C(=O)C(C)c2ccccc2)CC1. The standard InChI is InChI=1S/C15H22N2O/c1-12(13-6-4-3-5-7-13)15(18)17-10-8-14(16-2)9-11-17/h3-7,12,14,16H,8-11H2,1-2H3. The second kappa shape index (κ2) is 6.01. The minimum atomic E-state index is -0.0302. The summed E-state index contributed by atoms with van der Waals surface area (Å²) in [5.41, 5.74) is 1.11. The summed E-state index contributed by atoms with van der Waals surface area (Å²) in [6, 6.07) is 10.6. The van der Waals surface area contributed by atoms with Crippen molar-refractivity contribution in [2.45, 2.75) is 31.7 Å². The zero-order valence-corrected chi connectivity index (χ0v) is 11.2. The quantitative estimate of drug-likeness (QED) is 0.884. The van der Waals surface area contributed by atoms with E-state index < -0.39 is 0 Å². The number of amides is 1. The van der Waals surface area contributed by atoms with E-state index in [4.69, 9.17) is 0 Å². The molecule has 0 saturated carbocycles. The van der Waals surface area contributed by atoms with Gasteiger partial charge in [0, 0.05) is 19.1 Å². The lowest BCUT2D eigenvalue weighted by Gasteiger charge is -2.33. The predicted octanol–water partition coefficient (Wildman–Crippen LogP) is 2.00. The number of hydrogen-bond acceptors (Lipinski definition) is 2. The Morgan fingerprint density at radius 2 is 1.89 bits per heavy atom. The van der Waals surface area contributed by atoms with Crippen LogP contribution in [0.4, 0.5) is 0 Å². The van der Waals surface area contributed by atoms with Gasteiger partial charge in [0.15, 0.2) is 0 Å². The van der Waals surface area contributed by atoms with E-state index in [0.717, 1.165) is 31.5 Å². The minimum absolute atomic E-state index is 0.0302. The van der Waals surface area contributed by atoms with E-state index in [2.05, 4.69) is 5.32 Å². The topological polar surface area (TPSA) is 32.3 Å². The number of rotatable bonds is 3. The highest BCUT2D eigenvalue weighted by Crippen LogP contribution is 2.20. The van der Waals surface area contributed by atoms with Gasteiger partial charge >= 0.3 is 0 Å². The molecule has 1 fully saturated rings. The highest BCUT2D eigenvalue weighted by atomic mass is 16.2. The van der Waals surface area contributed by atoms with Crippen LogP contribution in [-0.4, -0.2) is 37.0 Å². The first-order valence-corrected chi connectivity index (χ1v) is 6.73. The summed E-state index contributed by atoms with van der Waals surface area (Å²) in [4.78, 5) is 14.4. The van der Waals surface area contributed by atoms with E-state index in [0.29, 0.717) is 6.04 Å². The molecule has 0 aromatic heterocycles. The monoisotopic (exact) mass is 246 g/mol. The summed E-state index contributed by atoms with van der Waals surface area (Å²) in [6.45, 7) is 3.75. The molecule has 0 bridgehead atoms. The first kappa shape index (κ1) is 13.1. The number of carbonyl (C=O) groups is 1. The largest absolute Gasteiger partial charge is 0.342 e. The summed E-state index contributed by atoms with van der Waals surface area (Å²) in [7, 11) is 1.99. The third kappa shape index (κ3) is 2.91.